The number of hydrogen-bond acceptors (Lipinski definition) is 13. The first-order valence-electron chi connectivity index (χ1n) is 23.7. The molecule has 1 saturated carbocycles. The van der Waals surface area contributed by atoms with Gasteiger partial charge in [-0.25, -0.2) is 9.13 Å². The zero-order valence-corrected chi connectivity index (χ0v) is 41.0. The fourth-order valence-electron chi connectivity index (χ4n) is 6.87. The fourth-order valence-corrected chi connectivity index (χ4v) is 8.02. The number of carbonyl (C=O) groups is 3. The van der Waals surface area contributed by atoms with E-state index in [4.69, 9.17) is 23.8 Å². The number of ether oxygens (including phenoxy) is 2. The molecule has 0 aromatic carbocycles. The number of rotatable bonds is 40. The zero-order valence-electron chi connectivity index (χ0n) is 39.2. The van der Waals surface area contributed by atoms with Gasteiger partial charge in [-0.1, -0.05) is 132 Å². The molecule has 6 N–H and O–H groups in total. The van der Waals surface area contributed by atoms with Crippen molar-refractivity contribution in [3.05, 3.63) is 72.9 Å². The molecule has 0 spiro atoms. The van der Waals surface area contributed by atoms with E-state index in [1.165, 1.54) is 0 Å². The molecule has 0 amide bonds. The highest BCUT2D eigenvalue weighted by molar-refractivity contribution is 7.47. The minimum absolute atomic E-state index is 0.0334. The van der Waals surface area contributed by atoms with Gasteiger partial charge in [0.2, 0.25) is 0 Å². The minimum atomic E-state index is -4.90. The molecule has 0 heterocycles. The summed E-state index contributed by atoms with van der Waals surface area (Å²) in [6.07, 6.45) is 35.1. The largest absolute Gasteiger partial charge is 0.472 e. The van der Waals surface area contributed by atoms with E-state index in [0.717, 1.165) is 83.5 Å². The number of phosphoric acid groups is 2. The fraction of sp³-hybridized carbons (Fsp3) is 0.688. The first-order valence-corrected chi connectivity index (χ1v) is 26.8. The van der Waals surface area contributed by atoms with Crippen molar-refractivity contribution < 1.29 is 76.6 Å². The molecular weight excluding hydrogens is 894 g/mol. The summed E-state index contributed by atoms with van der Waals surface area (Å²) in [5.74, 6) is -1.93. The van der Waals surface area contributed by atoms with Crippen molar-refractivity contribution in [1.29, 1.82) is 0 Å². The van der Waals surface area contributed by atoms with E-state index >= 15 is 0 Å². The highest BCUT2D eigenvalue weighted by atomic mass is 31.2. The van der Waals surface area contributed by atoms with Crippen molar-refractivity contribution in [2.24, 2.45) is 11.8 Å². The molecule has 7 atom stereocenters. The van der Waals surface area contributed by atoms with Gasteiger partial charge < -0.3 is 39.5 Å². The topological polar surface area (TPSA) is 253 Å². The zero-order chi connectivity index (χ0) is 48.9. The van der Waals surface area contributed by atoms with Crippen LogP contribution in [0.2, 0.25) is 0 Å². The maximum atomic E-state index is 12.7. The molecule has 0 radical (unpaired) electrons. The lowest BCUT2D eigenvalue weighted by Crippen LogP contribution is -2.30. The van der Waals surface area contributed by atoms with Crippen molar-refractivity contribution in [2.75, 3.05) is 26.4 Å². The standard InChI is InChI=1S/C48H80O16P2/c1-3-5-7-8-9-10-11-12-13-14-15-16-17-18-19-20-21-22-28-32-48(54)64-42(39-63-66(58,59)62-37-41(50)36-61-65(55,56)57)38-60-47(53)31-27-24-23-26-30-43-44(46(52)35-45(43)51)34-33-40(49)29-25-6-4-2/h5,7,9-10,12-13,15-16,18-19,33-34,40-45,49-51H,3-4,6,8,11,14,17,20-32,35-39H2,1-2H3,(H,58,59)(H2,55,56,57)/b7-5-,10-9-,13-12-,16-15-,19-18-,34-33+/t40-,41-,42+,43+,44+,45-/m0/s1. The summed E-state index contributed by atoms with van der Waals surface area (Å²) >= 11 is 0. The van der Waals surface area contributed by atoms with Gasteiger partial charge >= 0.3 is 27.6 Å². The van der Waals surface area contributed by atoms with E-state index in [-0.39, 0.29) is 31.0 Å². The van der Waals surface area contributed by atoms with Gasteiger partial charge in [0.05, 0.1) is 32.0 Å². The lowest BCUT2D eigenvalue weighted by atomic mass is 9.88. The van der Waals surface area contributed by atoms with Crippen molar-refractivity contribution in [3.8, 4) is 0 Å². The number of aliphatic hydroxyl groups is 3. The Kier molecular flexibility index (Phi) is 35.3. The number of Topliss-reactive ketones (excluding diaryl/α,β-unsaturated/α-hetero) is 1. The molecule has 66 heavy (non-hydrogen) atoms. The Labute approximate surface area is 393 Å². The molecule has 378 valence electrons. The van der Waals surface area contributed by atoms with Crippen molar-refractivity contribution >= 4 is 33.4 Å². The summed E-state index contributed by atoms with van der Waals surface area (Å²) in [7, 11) is -9.79. The molecule has 18 heteroatoms. The Morgan fingerprint density at radius 1 is 0.682 bits per heavy atom. The van der Waals surface area contributed by atoms with Gasteiger partial charge in [-0.05, 0) is 76.5 Å². The lowest BCUT2D eigenvalue weighted by molar-refractivity contribution is -0.161. The van der Waals surface area contributed by atoms with Gasteiger partial charge in [0, 0.05) is 25.2 Å². The number of esters is 2. The van der Waals surface area contributed by atoms with Crippen LogP contribution in [0.5, 0.6) is 0 Å². The van der Waals surface area contributed by atoms with Crippen LogP contribution in [0.1, 0.15) is 149 Å². The highest BCUT2D eigenvalue weighted by Gasteiger charge is 2.39. The van der Waals surface area contributed by atoms with Gasteiger partial charge in [-0.15, -0.1) is 0 Å². The van der Waals surface area contributed by atoms with Gasteiger partial charge in [-0.2, -0.15) is 0 Å². The second kappa shape index (κ2) is 38.1. The van der Waals surface area contributed by atoms with E-state index in [2.05, 4.69) is 83.7 Å². The second-order valence-electron chi connectivity index (χ2n) is 16.4. The van der Waals surface area contributed by atoms with E-state index in [0.29, 0.717) is 32.1 Å². The highest BCUT2D eigenvalue weighted by Crippen LogP contribution is 2.44. The SMILES string of the molecule is CC/C=C\C/C=C\C/C=C\C/C=C\C/C=C\CCCCCC(=O)O[C@H](COC(=O)CCCCCC[C@H]1[C@@H](O)CC(=O)[C@@H]1/C=C/[C@@H](O)CCCCC)COP(=O)(O)OC[C@@H](O)COP(=O)(O)O. The van der Waals surface area contributed by atoms with E-state index in [9.17, 15) is 43.7 Å². The molecule has 0 aromatic rings. The lowest BCUT2D eigenvalue weighted by Gasteiger charge is -2.20. The molecule has 1 rings (SSSR count). The van der Waals surface area contributed by atoms with Crippen LogP contribution in [0, 0.1) is 11.8 Å². The maximum Gasteiger partial charge on any atom is 0.472 e. The molecule has 0 aliphatic heterocycles. The Morgan fingerprint density at radius 2 is 1.24 bits per heavy atom. The first-order chi connectivity index (χ1) is 31.6. The number of phosphoric ester groups is 2. The number of aliphatic hydroxyl groups excluding tert-OH is 3. The predicted molar refractivity (Wildman–Crippen MR) is 254 cm³/mol. The summed E-state index contributed by atoms with van der Waals surface area (Å²) in [5.41, 5.74) is 0. The van der Waals surface area contributed by atoms with Gasteiger partial charge in [0.15, 0.2) is 6.10 Å². The van der Waals surface area contributed by atoms with Gasteiger partial charge in [-0.3, -0.25) is 28.0 Å². The normalized spacial score (nSPS) is 19.6. The molecule has 16 nitrogen and oxygen atoms in total. The number of unbranched alkanes of at least 4 members (excludes halogenated alkanes) is 8. The second-order valence-corrected chi connectivity index (χ2v) is 19.1. The molecule has 1 aliphatic rings. The summed E-state index contributed by atoms with van der Waals surface area (Å²) in [5, 5.41) is 30.6. The van der Waals surface area contributed by atoms with Crippen LogP contribution in [0.3, 0.4) is 0 Å². The van der Waals surface area contributed by atoms with Crippen LogP contribution in [-0.4, -0.2) is 98.6 Å². The van der Waals surface area contributed by atoms with Crippen molar-refractivity contribution in [1.82, 2.24) is 0 Å². The van der Waals surface area contributed by atoms with Crippen LogP contribution >= 0.6 is 15.6 Å². The summed E-state index contributed by atoms with van der Waals surface area (Å²) in [4.78, 5) is 65.6. The molecule has 0 saturated heterocycles. The van der Waals surface area contributed by atoms with Gasteiger partial charge in [0.1, 0.15) is 18.5 Å². The van der Waals surface area contributed by atoms with Crippen LogP contribution in [0.25, 0.3) is 0 Å². The number of hydrogen-bond donors (Lipinski definition) is 6. The summed E-state index contributed by atoms with van der Waals surface area (Å²) in [6, 6.07) is 0. The van der Waals surface area contributed by atoms with E-state index in [1.807, 2.05) is 0 Å². The Morgan fingerprint density at radius 3 is 1.86 bits per heavy atom. The quantitative estimate of drug-likeness (QED) is 0.0145. The third-order valence-corrected chi connectivity index (χ3v) is 11.9. The van der Waals surface area contributed by atoms with E-state index < -0.39 is 84.3 Å². The molecule has 1 unspecified atom stereocenters. The Bertz CT molecular complexity index is 1600. The average Bonchev–Trinajstić information content (AvgIpc) is 3.54. The molecule has 0 bridgehead atoms. The first kappa shape index (κ1) is 61.2. The van der Waals surface area contributed by atoms with Gasteiger partial charge in [0.25, 0.3) is 0 Å². The Hall–Kier alpha value is -2.85. The maximum absolute atomic E-state index is 12.7. The van der Waals surface area contributed by atoms with Crippen molar-refractivity contribution in [3.63, 3.8) is 0 Å². The molecule has 1 aliphatic carbocycles. The predicted octanol–water partition coefficient (Wildman–Crippen LogP) is 9.15. The summed E-state index contributed by atoms with van der Waals surface area (Å²) in [6.45, 7) is 1.24. The Balaban J connectivity index is 2.53. The average molecular weight is 975 g/mol. The number of carbonyl (C=O) groups excluding carboxylic acids is 3. The third kappa shape index (κ3) is 34.4. The summed E-state index contributed by atoms with van der Waals surface area (Å²) < 4.78 is 47.8. The van der Waals surface area contributed by atoms with Crippen LogP contribution in [0.15, 0.2) is 72.9 Å². The third-order valence-electron chi connectivity index (χ3n) is 10.5. The van der Waals surface area contributed by atoms with Crippen LogP contribution in [0.4, 0.5) is 0 Å². The van der Waals surface area contributed by atoms with Crippen LogP contribution in [-0.2, 0) is 46.6 Å². The van der Waals surface area contributed by atoms with Crippen LogP contribution < -0.4 is 0 Å². The minimum Gasteiger partial charge on any atom is -0.462 e. The number of ketones is 1. The van der Waals surface area contributed by atoms with E-state index in [1.54, 1.807) is 12.2 Å². The monoisotopic (exact) mass is 974 g/mol. The molecule has 0 aromatic heterocycles. The molecular formula is C48H80O16P2. The smallest absolute Gasteiger partial charge is 0.462 e. The molecule has 1 fully saturated rings. The van der Waals surface area contributed by atoms with Crippen molar-refractivity contribution in [2.45, 2.75) is 173 Å². The number of allylic oxidation sites excluding steroid dienone is 11.